The van der Waals surface area contributed by atoms with Crippen molar-refractivity contribution in [2.24, 2.45) is 5.73 Å². The van der Waals surface area contributed by atoms with E-state index in [0.717, 1.165) is 0 Å². The number of rotatable bonds is 4. The Balaban J connectivity index is 2.96. The molecular formula is C10H13FN2OS. The first kappa shape index (κ1) is 11.9. The molecule has 1 aromatic carbocycles. The zero-order chi connectivity index (χ0) is 11.4. The van der Waals surface area contributed by atoms with E-state index in [0.29, 0.717) is 12.2 Å². The minimum Gasteiger partial charge on any atom is -0.395 e. The average Bonchev–Trinajstić information content (AvgIpc) is 2.17. The number of halogens is 1. The smallest absolute Gasteiger partial charge is 0.135 e. The van der Waals surface area contributed by atoms with E-state index in [1.165, 1.54) is 6.07 Å². The van der Waals surface area contributed by atoms with E-state index >= 15 is 0 Å². The molecule has 0 atom stereocenters. The molecule has 0 amide bonds. The summed E-state index contributed by atoms with van der Waals surface area (Å²) >= 11 is 4.69. The summed E-state index contributed by atoms with van der Waals surface area (Å²) in [5.74, 6) is -0.440. The van der Waals surface area contributed by atoms with Crippen molar-refractivity contribution in [2.75, 3.05) is 25.1 Å². The van der Waals surface area contributed by atoms with Gasteiger partial charge in [0.15, 0.2) is 0 Å². The quantitative estimate of drug-likeness (QED) is 0.751. The molecule has 0 aromatic heterocycles. The van der Waals surface area contributed by atoms with Gasteiger partial charge >= 0.3 is 0 Å². The number of hydrogen-bond donors (Lipinski definition) is 2. The Kier molecular flexibility index (Phi) is 3.99. The van der Waals surface area contributed by atoms with E-state index in [-0.39, 0.29) is 17.2 Å². The number of benzene rings is 1. The molecule has 5 heteroatoms. The Morgan fingerprint density at radius 3 is 2.73 bits per heavy atom. The Labute approximate surface area is 93.3 Å². The van der Waals surface area contributed by atoms with Gasteiger partial charge in [0.1, 0.15) is 10.8 Å². The van der Waals surface area contributed by atoms with Crippen molar-refractivity contribution in [3.05, 3.63) is 29.6 Å². The van der Waals surface area contributed by atoms with E-state index in [9.17, 15) is 4.39 Å². The van der Waals surface area contributed by atoms with Crippen LogP contribution in [0.15, 0.2) is 18.2 Å². The molecule has 0 aliphatic carbocycles. The van der Waals surface area contributed by atoms with E-state index in [4.69, 9.17) is 23.1 Å². The normalized spacial score (nSPS) is 10.1. The maximum atomic E-state index is 13.4. The highest BCUT2D eigenvalue weighted by Gasteiger charge is 2.07. The van der Waals surface area contributed by atoms with Crippen LogP contribution in [0.2, 0.25) is 0 Å². The molecule has 0 saturated heterocycles. The lowest BCUT2D eigenvalue weighted by Gasteiger charge is -2.18. The molecule has 0 aliphatic heterocycles. The highest BCUT2D eigenvalue weighted by molar-refractivity contribution is 7.80. The fraction of sp³-hybridized carbons (Fsp3) is 0.300. The van der Waals surface area contributed by atoms with Gasteiger partial charge in [-0.1, -0.05) is 12.2 Å². The molecule has 0 spiro atoms. The monoisotopic (exact) mass is 228 g/mol. The first-order chi connectivity index (χ1) is 7.06. The number of aliphatic hydroxyl groups excluding tert-OH is 1. The van der Waals surface area contributed by atoms with E-state index < -0.39 is 5.82 Å². The van der Waals surface area contributed by atoms with Gasteiger partial charge in [0, 0.05) is 24.8 Å². The molecule has 0 unspecified atom stereocenters. The molecule has 3 nitrogen and oxygen atoms in total. The molecule has 1 rings (SSSR count). The molecule has 82 valence electrons. The van der Waals surface area contributed by atoms with Crippen LogP contribution in [0.1, 0.15) is 5.56 Å². The van der Waals surface area contributed by atoms with Crippen LogP contribution in [0.5, 0.6) is 0 Å². The molecule has 0 radical (unpaired) electrons. The summed E-state index contributed by atoms with van der Waals surface area (Å²) in [4.78, 5) is 1.79. The van der Waals surface area contributed by atoms with Crippen molar-refractivity contribution in [3.8, 4) is 0 Å². The van der Waals surface area contributed by atoms with Gasteiger partial charge in [-0.2, -0.15) is 0 Å². The Hall–Kier alpha value is -1.20. The molecule has 0 bridgehead atoms. The van der Waals surface area contributed by atoms with Gasteiger partial charge in [-0.25, -0.2) is 4.39 Å². The maximum Gasteiger partial charge on any atom is 0.135 e. The summed E-state index contributed by atoms with van der Waals surface area (Å²) in [5, 5.41) is 8.73. The Bertz CT molecular complexity index is 370. The number of anilines is 1. The van der Waals surface area contributed by atoms with Crippen LogP contribution in [-0.2, 0) is 0 Å². The highest BCUT2D eigenvalue weighted by Crippen LogP contribution is 2.17. The number of nitrogens with two attached hydrogens (primary N) is 1. The van der Waals surface area contributed by atoms with Crippen molar-refractivity contribution in [3.63, 3.8) is 0 Å². The van der Waals surface area contributed by atoms with Crippen molar-refractivity contribution in [1.29, 1.82) is 0 Å². The van der Waals surface area contributed by atoms with Crippen LogP contribution in [0.4, 0.5) is 10.1 Å². The second-order valence-corrected chi connectivity index (χ2v) is 3.61. The van der Waals surface area contributed by atoms with Gasteiger partial charge in [0.2, 0.25) is 0 Å². The molecular weight excluding hydrogens is 215 g/mol. The Morgan fingerprint density at radius 2 is 2.27 bits per heavy atom. The molecule has 15 heavy (non-hydrogen) atoms. The third-order valence-corrected chi connectivity index (χ3v) is 2.31. The minimum atomic E-state index is -0.440. The summed E-state index contributed by atoms with van der Waals surface area (Å²) in [6, 6.07) is 4.61. The zero-order valence-corrected chi connectivity index (χ0v) is 9.22. The summed E-state index contributed by atoms with van der Waals surface area (Å²) in [7, 11) is 1.77. The van der Waals surface area contributed by atoms with Crippen LogP contribution in [0, 0.1) is 5.82 Å². The van der Waals surface area contributed by atoms with Crippen molar-refractivity contribution < 1.29 is 9.50 Å². The fourth-order valence-corrected chi connectivity index (χ4v) is 1.39. The first-order valence-electron chi connectivity index (χ1n) is 4.47. The SMILES string of the molecule is CN(CCO)c1ccc(C(N)=S)c(F)c1. The highest BCUT2D eigenvalue weighted by atomic mass is 32.1. The summed E-state index contributed by atoms with van der Waals surface area (Å²) < 4.78 is 13.4. The third-order valence-electron chi connectivity index (χ3n) is 2.09. The van der Waals surface area contributed by atoms with Gasteiger partial charge in [-0.05, 0) is 18.2 Å². The van der Waals surface area contributed by atoms with Crippen molar-refractivity contribution in [1.82, 2.24) is 0 Å². The van der Waals surface area contributed by atoms with Gasteiger partial charge in [0.05, 0.1) is 6.61 Å². The lowest BCUT2D eigenvalue weighted by atomic mass is 10.2. The third kappa shape index (κ3) is 2.87. The summed E-state index contributed by atoms with van der Waals surface area (Å²) in [6.45, 7) is 0.473. The number of aliphatic hydroxyl groups is 1. The number of thiocarbonyl (C=S) groups is 1. The van der Waals surface area contributed by atoms with Crippen molar-refractivity contribution in [2.45, 2.75) is 0 Å². The van der Waals surface area contributed by atoms with Crippen LogP contribution >= 0.6 is 12.2 Å². The second kappa shape index (κ2) is 5.04. The molecule has 0 aliphatic rings. The first-order valence-corrected chi connectivity index (χ1v) is 4.88. The Morgan fingerprint density at radius 1 is 1.60 bits per heavy atom. The predicted molar refractivity (Wildman–Crippen MR) is 62.6 cm³/mol. The van der Waals surface area contributed by atoms with Crippen LogP contribution in [0.25, 0.3) is 0 Å². The number of likely N-dealkylation sites (N-methyl/N-ethyl adjacent to an activating group) is 1. The van der Waals surface area contributed by atoms with Gasteiger partial charge < -0.3 is 15.7 Å². The van der Waals surface area contributed by atoms with E-state index in [1.54, 1.807) is 24.1 Å². The van der Waals surface area contributed by atoms with E-state index in [1.807, 2.05) is 0 Å². The number of hydrogen-bond acceptors (Lipinski definition) is 3. The topological polar surface area (TPSA) is 49.5 Å². The second-order valence-electron chi connectivity index (χ2n) is 3.17. The fourth-order valence-electron chi connectivity index (χ4n) is 1.22. The molecule has 3 N–H and O–H groups in total. The van der Waals surface area contributed by atoms with Crippen LogP contribution < -0.4 is 10.6 Å². The maximum absolute atomic E-state index is 13.4. The number of nitrogens with zero attached hydrogens (tertiary/aromatic N) is 1. The molecule has 1 aromatic rings. The molecule has 0 heterocycles. The lowest BCUT2D eigenvalue weighted by Crippen LogP contribution is -2.21. The average molecular weight is 228 g/mol. The summed E-state index contributed by atoms with van der Waals surface area (Å²) in [5.41, 5.74) is 6.26. The zero-order valence-electron chi connectivity index (χ0n) is 8.40. The van der Waals surface area contributed by atoms with Gasteiger partial charge in [-0.3, -0.25) is 0 Å². The summed E-state index contributed by atoms with van der Waals surface area (Å²) in [6.07, 6.45) is 0. The van der Waals surface area contributed by atoms with E-state index in [2.05, 4.69) is 0 Å². The minimum absolute atomic E-state index is 0.0230. The van der Waals surface area contributed by atoms with Gasteiger partial charge in [-0.15, -0.1) is 0 Å². The molecule has 0 fully saturated rings. The predicted octanol–water partition coefficient (Wildman–Crippen LogP) is 0.888. The molecule has 0 saturated carbocycles. The van der Waals surface area contributed by atoms with Crippen molar-refractivity contribution >= 4 is 22.9 Å². The van der Waals surface area contributed by atoms with Crippen LogP contribution in [-0.4, -0.2) is 30.3 Å². The van der Waals surface area contributed by atoms with Gasteiger partial charge in [0.25, 0.3) is 0 Å². The van der Waals surface area contributed by atoms with Crippen LogP contribution in [0.3, 0.4) is 0 Å². The standard InChI is InChI=1S/C10H13FN2OS/c1-13(4-5-14)7-2-3-8(10(12)15)9(11)6-7/h2-3,6,14H,4-5H2,1H3,(H2,12,15). The lowest BCUT2D eigenvalue weighted by molar-refractivity contribution is 0.304. The largest absolute Gasteiger partial charge is 0.395 e.